The molecule has 1 aliphatic rings. The van der Waals surface area contributed by atoms with Crippen LogP contribution in [0, 0.1) is 11.6 Å². The van der Waals surface area contributed by atoms with Crippen LogP contribution in [0.25, 0.3) is 6.08 Å². The predicted octanol–water partition coefficient (Wildman–Crippen LogP) is 3.99. The zero-order valence-electron chi connectivity index (χ0n) is 13.2. The van der Waals surface area contributed by atoms with Gasteiger partial charge in [0.15, 0.2) is 11.6 Å². The fourth-order valence-electron chi connectivity index (χ4n) is 1.96. The Balaban J connectivity index is 2.11. The lowest BCUT2D eigenvalue weighted by atomic mass is 10.1. The molecule has 0 atom stereocenters. The van der Waals surface area contributed by atoms with Crippen molar-refractivity contribution >= 4 is 29.6 Å². The number of esters is 1. The lowest BCUT2D eigenvalue weighted by molar-refractivity contribution is -0.132. The van der Waals surface area contributed by atoms with Gasteiger partial charge < -0.3 is 10.1 Å². The molecule has 0 saturated carbocycles. The molecule has 0 fully saturated rings. The van der Waals surface area contributed by atoms with E-state index in [9.17, 15) is 18.4 Å². The number of halogens is 3. The second-order valence-electron chi connectivity index (χ2n) is 5.03. The third-order valence-electron chi connectivity index (χ3n) is 3.08. The molecule has 0 unspecified atom stereocenters. The molecule has 4 nitrogen and oxygen atoms in total. The minimum absolute atomic E-state index is 0.0945. The highest BCUT2D eigenvalue weighted by Crippen LogP contribution is 2.25. The summed E-state index contributed by atoms with van der Waals surface area (Å²) in [7, 11) is 0. The fourth-order valence-corrected chi connectivity index (χ4v) is 2.11. The van der Waals surface area contributed by atoms with Gasteiger partial charge in [0.1, 0.15) is 0 Å². The SMILES string of the molecule is CC(=O)Oc1c(F)ccc(C=CC(=O)NC2=CCC(Cl)=CC=C2)c1F. The van der Waals surface area contributed by atoms with Gasteiger partial charge >= 0.3 is 5.97 Å². The molecule has 0 bridgehead atoms. The zero-order chi connectivity index (χ0) is 18.4. The van der Waals surface area contributed by atoms with E-state index < -0.39 is 29.3 Å². The third-order valence-corrected chi connectivity index (χ3v) is 3.36. The normalized spacial score (nSPS) is 13.9. The average Bonchev–Trinajstić information content (AvgIpc) is 2.75. The highest BCUT2D eigenvalue weighted by molar-refractivity contribution is 6.29. The minimum Gasteiger partial charge on any atom is -0.420 e. The number of hydrogen-bond acceptors (Lipinski definition) is 3. The van der Waals surface area contributed by atoms with Crippen LogP contribution in [0.1, 0.15) is 18.9 Å². The highest BCUT2D eigenvalue weighted by Gasteiger charge is 2.15. The lowest BCUT2D eigenvalue weighted by Gasteiger charge is -2.06. The van der Waals surface area contributed by atoms with Crippen LogP contribution in [0.3, 0.4) is 0 Å². The summed E-state index contributed by atoms with van der Waals surface area (Å²) < 4.78 is 32.2. The van der Waals surface area contributed by atoms with E-state index in [-0.39, 0.29) is 5.56 Å². The number of amides is 1. The van der Waals surface area contributed by atoms with E-state index in [2.05, 4.69) is 10.1 Å². The summed E-state index contributed by atoms with van der Waals surface area (Å²) in [6.45, 7) is 1.03. The van der Waals surface area contributed by atoms with Crippen LogP contribution >= 0.6 is 11.6 Å². The molecular weight excluding hydrogens is 352 g/mol. The van der Waals surface area contributed by atoms with Gasteiger partial charge in [-0.2, -0.15) is 0 Å². The average molecular weight is 366 g/mol. The van der Waals surface area contributed by atoms with Gasteiger partial charge in [0.05, 0.1) is 0 Å². The third kappa shape index (κ3) is 5.39. The minimum atomic E-state index is -1.07. The van der Waals surface area contributed by atoms with Crippen LogP contribution in [0.5, 0.6) is 5.75 Å². The van der Waals surface area contributed by atoms with Crippen molar-refractivity contribution in [2.24, 2.45) is 0 Å². The number of benzene rings is 1. The topological polar surface area (TPSA) is 55.4 Å². The number of carbonyl (C=O) groups excluding carboxylic acids is 2. The maximum atomic E-state index is 14.2. The van der Waals surface area contributed by atoms with E-state index in [4.69, 9.17) is 11.6 Å². The molecule has 0 heterocycles. The first-order valence-corrected chi connectivity index (χ1v) is 7.63. The first kappa shape index (κ1) is 18.6. The summed E-state index contributed by atoms with van der Waals surface area (Å²) in [6, 6.07) is 2.08. The molecule has 1 aliphatic carbocycles. The van der Waals surface area contributed by atoms with E-state index in [0.717, 1.165) is 31.2 Å². The van der Waals surface area contributed by atoms with Gasteiger partial charge in [-0.1, -0.05) is 23.8 Å². The molecular formula is C18H14ClF2NO3. The van der Waals surface area contributed by atoms with Gasteiger partial charge in [0.2, 0.25) is 11.7 Å². The second kappa shape index (κ2) is 8.39. The summed E-state index contributed by atoms with van der Waals surface area (Å²) in [5, 5.41) is 3.23. The van der Waals surface area contributed by atoms with E-state index in [1.807, 2.05) is 0 Å². The Bertz CT molecular complexity index is 826. The molecule has 0 spiro atoms. The highest BCUT2D eigenvalue weighted by atomic mass is 35.5. The maximum absolute atomic E-state index is 14.2. The summed E-state index contributed by atoms with van der Waals surface area (Å²) in [5.74, 6) is -4.23. The van der Waals surface area contributed by atoms with Crippen molar-refractivity contribution in [1.29, 1.82) is 0 Å². The smallest absolute Gasteiger partial charge is 0.308 e. The van der Waals surface area contributed by atoms with Crippen LogP contribution in [0.15, 0.2) is 53.2 Å². The molecule has 0 aliphatic heterocycles. The maximum Gasteiger partial charge on any atom is 0.308 e. The van der Waals surface area contributed by atoms with Crippen molar-refractivity contribution in [1.82, 2.24) is 5.32 Å². The van der Waals surface area contributed by atoms with E-state index >= 15 is 0 Å². The molecule has 0 aromatic heterocycles. The molecule has 1 amide bonds. The molecule has 1 N–H and O–H groups in total. The van der Waals surface area contributed by atoms with Gasteiger partial charge in [0.25, 0.3) is 0 Å². The van der Waals surface area contributed by atoms with Crippen molar-refractivity contribution in [2.75, 3.05) is 0 Å². The van der Waals surface area contributed by atoms with Crippen molar-refractivity contribution in [3.63, 3.8) is 0 Å². The zero-order valence-corrected chi connectivity index (χ0v) is 13.9. The van der Waals surface area contributed by atoms with Crippen LogP contribution in [0.4, 0.5) is 8.78 Å². The van der Waals surface area contributed by atoms with Crippen LogP contribution in [-0.4, -0.2) is 11.9 Å². The monoisotopic (exact) mass is 365 g/mol. The standard InChI is InChI=1S/C18H14ClF2NO3/c1-11(23)25-18-15(20)9-5-12(17(18)21)6-10-16(24)22-14-4-2-3-13(19)7-8-14/h2-6,8-10H,7H2,1H3,(H,22,24). The Labute approximate surface area is 148 Å². The van der Waals surface area contributed by atoms with Crippen molar-refractivity contribution in [3.8, 4) is 5.75 Å². The van der Waals surface area contributed by atoms with Crippen LogP contribution in [-0.2, 0) is 9.59 Å². The van der Waals surface area contributed by atoms with E-state index in [1.54, 1.807) is 24.3 Å². The molecule has 7 heteroatoms. The van der Waals surface area contributed by atoms with Gasteiger partial charge in [-0.25, -0.2) is 8.78 Å². The molecule has 1 aromatic rings. The summed E-state index contributed by atoms with van der Waals surface area (Å²) in [5.41, 5.74) is 0.449. The first-order chi connectivity index (χ1) is 11.9. The second-order valence-corrected chi connectivity index (χ2v) is 5.52. The number of rotatable bonds is 4. The van der Waals surface area contributed by atoms with E-state index in [1.165, 1.54) is 0 Å². The molecule has 25 heavy (non-hydrogen) atoms. The lowest BCUT2D eigenvalue weighted by Crippen LogP contribution is -2.19. The van der Waals surface area contributed by atoms with Gasteiger partial charge in [-0.3, -0.25) is 9.59 Å². The van der Waals surface area contributed by atoms with Gasteiger partial charge in [-0.05, 0) is 30.4 Å². The molecule has 130 valence electrons. The number of hydrogen-bond donors (Lipinski definition) is 1. The first-order valence-electron chi connectivity index (χ1n) is 7.25. The molecule has 2 rings (SSSR count). The summed E-state index contributed by atoms with van der Waals surface area (Å²) >= 11 is 5.88. The molecule has 0 radical (unpaired) electrons. The predicted molar refractivity (Wildman–Crippen MR) is 90.6 cm³/mol. The molecule has 1 aromatic carbocycles. The van der Waals surface area contributed by atoms with Crippen LogP contribution < -0.4 is 10.1 Å². The van der Waals surface area contributed by atoms with Gasteiger partial charge in [0, 0.05) is 35.7 Å². The van der Waals surface area contributed by atoms with Gasteiger partial charge in [-0.15, -0.1) is 0 Å². The van der Waals surface area contributed by atoms with Crippen molar-refractivity contribution in [3.05, 3.63) is 70.4 Å². The summed E-state index contributed by atoms with van der Waals surface area (Å²) in [6.07, 6.45) is 9.51. The Hall–Kier alpha value is -2.73. The van der Waals surface area contributed by atoms with E-state index in [0.29, 0.717) is 17.2 Å². The Morgan fingerprint density at radius 3 is 2.80 bits per heavy atom. The number of ether oxygens (including phenoxy) is 1. The largest absolute Gasteiger partial charge is 0.420 e. The van der Waals surface area contributed by atoms with Crippen LogP contribution in [0.2, 0.25) is 0 Å². The Kier molecular flexibility index (Phi) is 6.25. The fraction of sp³-hybridized carbons (Fsp3) is 0.111. The number of carbonyl (C=O) groups is 2. The van der Waals surface area contributed by atoms with Crippen molar-refractivity contribution in [2.45, 2.75) is 13.3 Å². The summed E-state index contributed by atoms with van der Waals surface area (Å²) in [4.78, 5) is 22.8. The van der Waals surface area contributed by atoms with Crippen molar-refractivity contribution < 1.29 is 23.1 Å². The quantitative estimate of drug-likeness (QED) is 0.498. The number of nitrogens with one attached hydrogen (secondary N) is 1. The Morgan fingerprint density at radius 1 is 1.32 bits per heavy atom. The molecule has 0 saturated heterocycles. The number of allylic oxidation sites excluding steroid dienone is 5. The Morgan fingerprint density at radius 2 is 2.08 bits per heavy atom.